The average molecular weight is 485 g/mol. The quantitative estimate of drug-likeness (QED) is 0.700. The van der Waals surface area contributed by atoms with Crippen LogP contribution in [0, 0.1) is 0 Å². The molecule has 1 N–H and O–H groups in total. The van der Waals surface area contributed by atoms with Crippen LogP contribution in [0.25, 0.3) is 0 Å². The van der Waals surface area contributed by atoms with Crippen LogP contribution in [0.2, 0.25) is 0 Å². The summed E-state index contributed by atoms with van der Waals surface area (Å²) in [5.74, 6) is 0.839. The summed E-state index contributed by atoms with van der Waals surface area (Å²) in [6.45, 7) is 1.27. The second-order valence-electron chi connectivity index (χ2n) is 7.58. The van der Waals surface area contributed by atoms with Crippen LogP contribution in [0.5, 0.6) is 11.5 Å². The molecule has 0 unspecified atom stereocenters. The van der Waals surface area contributed by atoms with E-state index in [1.807, 2.05) is 0 Å². The number of halogens is 3. The topological polar surface area (TPSA) is 88.2 Å². The fourth-order valence-electron chi connectivity index (χ4n) is 3.72. The number of nitrogens with one attached hydrogen (secondary N) is 1. The van der Waals surface area contributed by atoms with Gasteiger partial charge in [0.25, 0.3) is 0 Å². The molecule has 2 aromatic rings. The van der Waals surface area contributed by atoms with Gasteiger partial charge in [-0.1, -0.05) is 12.1 Å². The maximum absolute atomic E-state index is 13.3. The highest BCUT2D eigenvalue weighted by Gasteiger charge is 2.39. The molecule has 8 nitrogen and oxygen atoms in total. The minimum atomic E-state index is -4.78. The number of carbonyl (C=O) groups is 1. The van der Waals surface area contributed by atoms with Crippen molar-refractivity contribution in [3.05, 3.63) is 48.0 Å². The number of rotatable bonds is 5. The van der Waals surface area contributed by atoms with Crippen LogP contribution in [-0.2, 0) is 21.0 Å². The van der Waals surface area contributed by atoms with Crippen molar-refractivity contribution in [2.45, 2.75) is 11.1 Å². The molecule has 0 saturated carbocycles. The summed E-state index contributed by atoms with van der Waals surface area (Å²) in [7, 11) is -4.32. The lowest BCUT2D eigenvalue weighted by molar-refractivity contribution is -0.140. The summed E-state index contributed by atoms with van der Waals surface area (Å²) in [6, 6.07) is 9.19. The first-order valence-corrected chi connectivity index (χ1v) is 11.7. The molecule has 1 amide bonds. The zero-order valence-electron chi connectivity index (χ0n) is 17.5. The van der Waals surface area contributed by atoms with E-state index in [1.54, 1.807) is 23.1 Å². The molecule has 33 heavy (non-hydrogen) atoms. The molecule has 2 heterocycles. The van der Waals surface area contributed by atoms with Crippen molar-refractivity contribution in [2.75, 3.05) is 51.3 Å². The van der Waals surface area contributed by atoms with Gasteiger partial charge in [0.2, 0.25) is 15.9 Å². The van der Waals surface area contributed by atoms with Gasteiger partial charge in [-0.25, -0.2) is 8.42 Å². The Morgan fingerprint density at radius 3 is 2.33 bits per heavy atom. The number of piperazine rings is 1. The Balaban J connectivity index is 1.35. The molecule has 0 atom stereocenters. The van der Waals surface area contributed by atoms with Crippen LogP contribution < -0.4 is 14.8 Å². The SMILES string of the molecule is O=C(CN1CCN(S(=O)(=O)c2ccccc2C(F)(F)F)CC1)Nc1ccc2c(c1)OCCO2. The molecule has 178 valence electrons. The third-order valence-corrected chi connectivity index (χ3v) is 7.29. The third-order valence-electron chi connectivity index (χ3n) is 5.33. The average Bonchev–Trinajstić information content (AvgIpc) is 2.79. The number of alkyl halides is 3. The molecule has 0 aromatic heterocycles. The number of anilines is 1. The van der Waals surface area contributed by atoms with E-state index in [0.717, 1.165) is 22.5 Å². The van der Waals surface area contributed by atoms with E-state index < -0.39 is 26.7 Å². The van der Waals surface area contributed by atoms with Gasteiger partial charge in [0.15, 0.2) is 11.5 Å². The largest absolute Gasteiger partial charge is 0.486 e. The normalized spacial score (nSPS) is 17.5. The molecule has 2 aromatic carbocycles. The summed E-state index contributed by atoms with van der Waals surface area (Å²) >= 11 is 0. The molecule has 1 fully saturated rings. The predicted molar refractivity (Wildman–Crippen MR) is 113 cm³/mol. The number of hydrogen-bond donors (Lipinski definition) is 1. The van der Waals surface area contributed by atoms with Crippen LogP contribution in [-0.4, -0.2) is 69.5 Å². The summed E-state index contributed by atoms with van der Waals surface area (Å²) in [5.41, 5.74) is -0.652. The summed E-state index contributed by atoms with van der Waals surface area (Å²) in [5, 5.41) is 2.76. The van der Waals surface area contributed by atoms with E-state index in [4.69, 9.17) is 9.47 Å². The van der Waals surface area contributed by atoms with Crippen LogP contribution in [0.1, 0.15) is 5.56 Å². The zero-order valence-corrected chi connectivity index (χ0v) is 18.3. The van der Waals surface area contributed by atoms with E-state index >= 15 is 0 Å². The Labute approximate surface area is 188 Å². The molecule has 1 saturated heterocycles. The molecule has 0 spiro atoms. The van der Waals surface area contributed by atoms with E-state index in [-0.39, 0.29) is 38.6 Å². The monoisotopic (exact) mass is 485 g/mol. The number of carbonyl (C=O) groups excluding carboxylic acids is 1. The van der Waals surface area contributed by atoms with Crippen molar-refractivity contribution in [1.82, 2.24) is 9.21 Å². The van der Waals surface area contributed by atoms with Crippen LogP contribution >= 0.6 is 0 Å². The van der Waals surface area contributed by atoms with Gasteiger partial charge in [0.05, 0.1) is 17.0 Å². The highest BCUT2D eigenvalue weighted by atomic mass is 32.2. The maximum atomic E-state index is 13.3. The van der Waals surface area contributed by atoms with Gasteiger partial charge in [-0.3, -0.25) is 9.69 Å². The molecule has 2 aliphatic rings. The van der Waals surface area contributed by atoms with Gasteiger partial charge in [-0.2, -0.15) is 17.5 Å². The van der Waals surface area contributed by atoms with Crippen LogP contribution in [0.3, 0.4) is 0 Å². The second kappa shape index (κ2) is 9.20. The molecular weight excluding hydrogens is 463 g/mol. The first-order valence-electron chi connectivity index (χ1n) is 10.2. The van der Waals surface area contributed by atoms with E-state index in [0.29, 0.717) is 30.4 Å². The van der Waals surface area contributed by atoms with Gasteiger partial charge in [-0.05, 0) is 24.3 Å². The fraction of sp³-hybridized carbons (Fsp3) is 0.381. The van der Waals surface area contributed by atoms with Gasteiger partial charge in [0, 0.05) is 37.9 Å². The lowest BCUT2D eigenvalue weighted by Crippen LogP contribution is -2.50. The number of sulfonamides is 1. The number of ether oxygens (including phenoxy) is 2. The van der Waals surface area contributed by atoms with Gasteiger partial charge in [0.1, 0.15) is 13.2 Å². The van der Waals surface area contributed by atoms with Crippen LogP contribution in [0.4, 0.5) is 18.9 Å². The van der Waals surface area contributed by atoms with E-state index in [9.17, 15) is 26.4 Å². The minimum Gasteiger partial charge on any atom is -0.486 e. The smallest absolute Gasteiger partial charge is 0.417 e. The summed E-state index contributed by atoms with van der Waals surface area (Å²) < 4.78 is 77.5. The molecule has 0 bridgehead atoms. The Morgan fingerprint density at radius 1 is 0.970 bits per heavy atom. The van der Waals surface area contributed by atoms with E-state index in [2.05, 4.69) is 5.32 Å². The zero-order chi connectivity index (χ0) is 23.6. The lowest BCUT2D eigenvalue weighted by Gasteiger charge is -2.34. The van der Waals surface area contributed by atoms with Crippen molar-refractivity contribution in [1.29, 1.82) is 0 Å². The maximum Gasteiger partial charge on any atom is 0.417 e. The number of amides is 1. The van der Waals surface area contributed by atoms with Crippen molar-refractivity contribution < 1.29 is 35.9 Å². The van der Waals surface area contributed by atoms with Gasteiger partial charge < -0.3 is 14.8 Å². The Bertz CT molecular complexity index is 1130. The first kappa shape index (κ1) is 23.3. The Kier molecular flexibility index (Phi) is 6.50. The van der Waals surface area contributed by atoms with Crippen molar-refractivity contribution >= 4 is 21.6 Å². The number of fused-ring (bicyclic) bond motifs is 1. The number of benzene rings is 2. The van der Waals surface area contributed by atoms with Gasteiger partial charge in [-0.15, -0.1) is 0 Å². The fourth-order valence-corrected chi connectivity index (χ4v) is 5.35. The summed E-state index contributed by atoms with van der Waals surface area (Å²) in [6.07, 6.45) is -4.78. The Hall–Kier alpha value is -2.83. The molecule has 12 heteroatoms. The summed E-state index contributed by atoms with van der Waals surface area (Å²) in [4.78, 5) is 13.4. The van der Waals surface area contributed by atoms with E-state index in [1.165, 1.54) is 6.07 Å². The first-order chi connectivity index (χ1) is 15.6. The Morgan fingerprint density at radius 2 is 1.64 bits per heavy atom. The molecule has 4 rings (SSSR count). The number of hydrogen-bond acceptors (Lipinski definition) is 6. The van der Waals surface area contributed by atoms with Gasteiger partial charge >= 0.3 is 6.18 Å². The highest BCUT2D eigenvalue weighted by Crippen LogP contribution is 2.35. The predicted octanol–water partition coefficient (Wildman–Crippen LogP) is 2.42. The standard InChI is InChI=1S/C21H22F3N3O5S/c22-21(23,24)16-3-1-2-4-19(16)33(29,30)27-9-7-26(8-10-27)14-20(28)25-15-5-6-17-18(13-15)32-12-11-31-17/h1-6,13H,7-12,14H2,(H,25,28). The third kappa shape index (κ3) is 5.23. The second-order valence-corrected chi connectivity index (χ2v) is 9.49. The molecular formula is C21H22F3N3O5S. The minimum absolute atomic E-state index is 0.0153. The molecule has 2 aliphatic heterocycles. The van der Waals surface area contributed by atoms with Crippen LogP contribution in [0.15, 0.2) is 47.4 Å². The van der Waals surface area contributed by atoms with Crippen molar-refractivity contribution in [3.63, 3.8) is 0 Å². The van der Waals surface area contributed by atoms with Crippen molar-refractivity contribution in [3.8, 4) is 11.5 Å². The number of nitrogens with zero attached hydrogens (tertiary/aromatic N) is 2. The lowest BCUT2D eigenvalue weighted by atomic mass is 10.2. The molecule has 0 aliphatic carbocycles. The molecule has 0 radical (unpaired) electrons. The van der Waals surface area contributed by atoms with Crippen molar-refractivity contribution in [2.24, 2.45) is 0 Å². The highest BCUT2D eigenvalue weighted by molar-refractivity contribution is 7.89.